The van der Waals surface area contributed by atoms with E-state index in [2.05, 4.69) is 14.9 Å². The average Bonchev–Trinajstić information content (AvgIpc) is 2.75. The van der Waals surface area contributed by atoms with Crippen LogP contribution in [0.25, 0.3) is 0 Å². The van der Waals surface area contributed by atoms with Crippen LogP contribution in [-0.4, -0.2) is 35.9 Å². The first-order valence-corrected chi connectivity index (χ1v) is 6.76. The molecule has 0 atom stereocenters. The minimum atomic E-state index is -3.48. The van der Waals surface area contributed by atoms with Gasteiger partial charge in [-0.25, -0.2) is 13.1 Å². The quantitative estimate of drug-likeness (QED) is 0.698. The van der Waals surface area contributed by atoms with E-state index in [0.717, 1.165) is 0 Å². The Labute approximate surface area is 94.1 Å². The summed E-state index contributed by atoms with van der Waals surface area (Å²) < 4.78 is 26.2. The number of nitrogens with one attached hydrogen (secondary N) is 2. The summed E-state index contributed by atoms with van der Waals surface area (Å²) in [5.41, 5.74) is 0. The molecule has 1 aliphatic rings. The van der Waals surface area contributed by atoms with E-state index in [1.165, 1.54) is 12.3 Å². The van der Waals surface area contributed by atoms with Gasteiger partial charge in [0.2, 0.25) is 0 Å². The van der Waals surface area contributed by atoms with Crippen LogP contribution in [0, 0.1) is 0 Å². The lowest BCUT2D eigenvalue weighted by Gasteiger charge is -2.25. The molecule has 90 valence electrons. The highest BCUT2D eigenvalue weighted by Gasteiger charge is 2.25. The lowest BCUT2D eigenvalue weighted by atomic mass is 9.94. The van der Waals surface area contributed by atoms with Crippen molar-refractivity contribution in [3.8, 4) is 0 Å². The standard InChI is InChI=1S/C9H15N3O3S/c13-8-3-1-7(2-4-8)12-16(14,15)9-5-6-10-11-9/h5-8,12-13H,1-4H2,(H,10,11). The van der Waals surface area contributed by atoms with E-state index in [1.807, 2.05) is 0 Å². The molecule has 7 heteroatoms. The summed E-state index contributed by atoms with van der Waals surface area (Å²) in [5, 5.41) is 15.4. The van der Waals surface area contributed by atoms with E-state index in [-0.39, 0.29) is 17.2 Å². The molecular weight excluding hydrogens is 230 g/mol. The molecule has 0 amide bonds. The molecule has 1 saturated carbocycles. The number of rotatable bonds is 3. The van der Waals surface area contributed by atoms with Crippen LogP contribution in [0.3, 0.4) is 0 Å². The minimum absolute atomic E-state index is 0.0821. The van der Waals surface area contributed by atoms with Crippen LogP contribution in [-0.2, 0) is 10.0 Å². The number of H-pyrrole nitrogens is 1. The van der Waals surface area contributed by atoms with Gasteiger partial charge in [-0.05, 0) is 31.7 Å². The Balaban J connectivity index is 2.00. The normalized spacial score (nSPS) is 26.8. The zero-order valence-electron chi connectivity index (χ0n) is 8.76. The Bertz CT molecular complexity index is 421. The fourth-order valence-corrected chi connectivity index (χ4v) is 3.08. The Kier molecular flexibility index (Phi) is 3.27. The monoisotopic (exact) mass is 245 g/mol. The largest absolute Gasteiger partial charge is 0.393 e. The van der Waals surface area contributed by atoms with Gasteiger partial charge in [-0.3, -0.25) is 5.10 Å². The second-order valence-corrected chi connectivity index (χ2v) is 5.73. The van der Waals surface area contributed by atoms with Crippen LogP contribution >= 0.6 is 0 Å². The number of aliphatic hydroxyl groups is 1. The van der Waals surface area contributed by atoms with E-state index in [1.54, 1.807) is 0 Å². The Morgan fingerprint density at radius 2 is 2.06 bits per heavy atom. The van der Waals surface area contributed by atoms with Gasteiger partial charge in [0.05, 0.1) is 12.3 Å². The third-order valence-corrected chi connectivity index (χ3v) is 4.23. The maximum absolute atomic E-state index is 11.8. The van der Waals surface area contributed by atoms with E-state index in [4.69, 9.17) is 0 Å². The Morgan fingerprint density at radius 3 is 2.62 bits per heavy atom. The highest BCUT2D eigenvalue weighted by molar-refractivity contribution is 7.89. The number of aromatic nitrogens is 2. The SMILES string of the molecule is O=S(=O)(NC1CCC(O)CC1)c1ccn[nH]1. The molecule has 0 unspecified atom stereocenters. The summed E-state index contributed by atoms with van der Waals surface area (Å²) in [6, 6.07) is 1.33. The summed E-state index contributed by atoms with van der Waals surface area (Å²) in [4.78, 5) is 0. The third kappa shape index (κ3) is 2.60. The van der Waals surface area contributed by atoms with Crippen LogP contribution in [0.1, 0.15) is 25.7 Å². The van der Waals surface area contributed by atoms with E-state index in [9.17, 15) is 13.5 Å². The summed E-state index contributed by atoms with van der Waals surface area (Å²) in [6.45, 7) is 0. The summed E-state index contributed by atoms with van der Waals surface area (Å²) >= 11 is 0. The molecule has 0 spiro atoms. The van der Waals surface area contributed by atoms with E-state index < -0.39 is 10.0 Å². The van der Waals surface area contributed by atoms with Gasteiger partial charge in [0.15, 0.2) is 5.03 Å². The summed E-state index contributed by atoms with van der Waals surface area (Å²) in [7, 11) is -3.48. The smallest absolute Gasteiger partial charge is 0.257 e. The van der Waals surface area contributed by atoms with Gasteiger partial charge in [-0.15, -0.1) is 0 Å². The molecule has 1 heterocycles. The molecule has 1 aromatic rings. The second kappa shape index (κ2) is 4.52. The molecule has 1 aliphatic carbocycles. The minimum Gasteiger partial charge on any atom is -0.393 e. The van der Waals surface area contributed by atoms with Crippen LogP contribution < -0.4 is 4.72 Å². The topological polar surface area (TPSA) is 95.1 Å². The van der Waals surface area contributed by atoms with Crippen molar-refractivity contribution in [1.82, 2.24) is 14.9 Å². The van der Waals surface area contributed by atoms with Gasteiger partial charge >= 0.3 is 0 Å². The zero-order chi connectivity index (χ0) is 11.6. The van der Waals surface area contributed by atoms with Gasteiger partial charge in [-0.1, -0.05) is 0 Å². The van der Waals surface area contributed by atoms with Crippen LogP contribution in [0.5, 0.6) is 0 Å². The number of aliphatic hydroxyl groups excluding tert-OH is 1. The van der Waals surface area contributed by atoms with Gasteiger partial charge in [-0.2, -0.15) is 5.10 Å². The fraction of sp³-hybridized carbons (Fsp3) is 0.667. The molecule has 1 fully saturated rings. The van der Waals surface area contributed by atoms with Gasteiger partial charge in [0.25, 0.3) is 10.0 Å². The number of sulfonamides is 1. The highest BCUT2D eigenvalue weighted by Crippen LogP contribution is 2.19. The number of nitrogens with zero attached hydrogens (tertiary/aromatic N) is 1. The zero-order valence-corrected chi connectivity index (χ0v) is 9.57. The summed E-state index contributed by atoms with van der Waals surface area (Å²) in [6.07, 6.45) is 3.77. The van der Waals surface area contributed by atoms with Gasteiger partial charge in [0, 0.05) is 6.04 Å². The van der Waals surface area contributed by atoms with Gasteiger partial charge in [0.1, 0.15) is 0 Å². The molecule has 0 saturated heterocycles. The van der Waals surface area contributed by atoms with Crippen molar-refractivity contribution in [1.29, 1.82) is 0 Å². The van der Waals surface area contributed by atoms with Crippen LogP contribution in [0.4, 0.5) is 0 Å². The molecular formula is C9H15N3O3S. The fourth-order valence-electron chi connectivity index (χ4n) is 1.87. The van der Waals surface area contributed by atoms with Crippen LogP contribution in [0.15, 0.2) is 17.3 Å². The molecule has 16 heavy (non-hydrogen) atoms. The van der Waals surface area contributed by atoms with E-state index >= 15 is 0 Å². The Hall–Kier alpha value is -0.920. The van der Waals surface area contributed by atoms with Crippen molar-refractivity contribution in [2.24, 2.45) is 0 Å². The van der Waals surface area contributed by atoms with Crippen molar-refractivity contribution < 1.29 is 13.5 Å². The highest BCUT2D eigenvalue weighted by atomic mass is 32.2. The van der Waals surface area contributed by atoms with Crippen molar-refractivity contribution in [2.45, 2.75) is 42.9 Å². The average molecular weight is 245 g/mol. The van der Waals surface area contributed by atoms with Crippen molar-refractivity contribution in [3.05, 3.63) is 12.3 Å². The molecule has 0 radical (unpaired) electrons. The predicted molar refractivity (Wildman–Crippen MR) is 57.2 cm³/mol. The van der Waals surface area contributed by atoms with E-state index in [0.29, 0.717) is 25.7 Å². The number of hydrogen-bond acceptors (Lipinski definition) is 4. The van der Waals surface area contributed by atoms with Crippen LogP contribution in [0.2, 0.25) is 0 Å². The number of aromatic amines is 1. The van der Waals surface area contributed by atoms with Crippen molar-refractivity contribution >= 4 is 10.0 Å². The molecule has 0 aromatic carbocycles. The van der Waals surface area contributed by atoms with Crippen molar-refractivity contribution in [3.63, 3.8) is 0 Å². The first-order valence-electron chi connectivity index (χ1n) is 5.28. The molecule has 2 rings (SSSR count). The second-order valence-electron chi connectivity index (χ2n) is 4.05. The lowest BCUT2D eigenvalue weighted by Crippen LogP contribution is -2.38. The predicted octanol–water partition coefficient (Wildman–Crippen LogP) is -0.00850. The van der Waals surface area contributed by atoms with Gasteiger partial charge < -0.3 is 5.11 Å². The number of hydrogen-bond donors (Lipinski definition) is 3. The molecule has 6 nitrogen and oxygen atoms in total. The summed E-state index contributed by atoms with van der Waals surface area (Å²) in [5.74, 6) is 0. The lowest BCUT2D eigenvalue weighted by molar-refractivity contribution is 0.120. The Morgan fingerprint density at radius 1 is 1.38 bits per heavy atom. The van der Waals surface area contributed by atoms with Crippen molar-refractivity contribution in [2.75, 3.05) is 0 Å². The molecule has 3 N–H and O–H groups in total. The molecule has 0 bridgehead atoms. The first-order chi connectivity index (χ1) is 7.58. The third-order valence-electron chi connectivity index (χ3n) is 2.78. The molecule has 1 aromatic heterocycles. The maximum Gasteiger partial charge on any atom is 0.257 e. The first kappa shape index (κ1) is 11.6. The molecule has 0 aliphatic heterocycles. The maximum atomic E-state index is 11.8.